The summed E-state index contributed by atoms with van der Waals surface area (Å²) >= 11 is 0. The summed E-state index contributed by atoms with van der Waals surface area (Å²) in [4.78, 5) is 32.0. The molecule has 1 amide bonds. The molecule has 0 heterocycles. The Morgan fingerprint density at radius 3 is 2.50 bits per heavy atom. The number of aldehydes is 1. The van der Waals surface area contributed by atoms with Crippen LogP contribution in [0.4, 0.5) is 0 Å². The normalized spacial score (nSPS) is 11.9. The number of ketones is 1. The number of carbonyl (C=O) groups is 3. The van der Waals surface area contributed by atoms with E-state index >= 15 is 0 Å². The second kappa shape index (κ2) is 7.20. The summed E-state index contributed by atoms with van der Waals surface area (Å²) in [5.41, 5.74) is 0. The first-order valence-corrected chi connectivity index (χ1v) is 4.49. The standard InChI is InChI=1S/C9H16N2O3/c1-7(13)3-4-8(10-2)9(14)11-5-6-12/h6,8,10H,3-5H2,1-2H3,(H,11,14). The van der Waals surface area contributed by atoms with Crippen LogP contribution in [0.15, 0.2) is 0 Å². The molecule has 5 heteroatoms. The first-order valence-electron chi connectivity index (χ1n) is 4.49. The topological polar surface area (TPSA) is 75.3 Å². The summed E-state index contributed by atoms with van der Waals surface area (Å²) < 4.78 is 0. The Morgan fingerprint density at radius 2 is 2.07 bits per heavy atom. The highest BCUT2D eigenvalue weighted by atomic mass is 16.2. The lowest BCUT2D eigenvalue weighted by Crippen LogP contribution is -2.43. The smallest absolute Gasteiger partial charge is 0.237 e. The van der Waals surface area contributed by atoms with Crippen molar-refractivity contribution in [3.8, 4) is 0 Å². The number of hydrogen-bond donors (Lipinski definition) is 2. The lowest BCUT2D eigenvalue weighted by Gasteiger charge is -2.13. The van der Waals surface area contributed by atoms with Gasteiger partial charge in [0.2, 0.25) is 5.91 Å². The van der Waals surface area contributed by atoms with E-state index in [1.165, 1.54) is 6.92 Å². The first kappa shape index (κ1) is 12.8. The fraction of sp³-hybridized carbons (Fsp3) is 0.667. The molecule has 0 bridgehead atoms. The minimum Gasteiger partial charge on any atom is -0.348 e. The van der Waals surface area contributed by atoms with E-state index in [0.717, 1.165) is 0 Å². The van der Waals surface area contributed by atoms with Gasteiger partial charge in [0, 0.05) is 6.42 Å². The molecule has 1 atom stereocenters. The van der Waals surface area contributed by atoms with Crippen LogP contribution in [-0.2, 0) is 14.4 Å². The Kier molecular flexibility index (Phi) is 6.57. The molecule has 0 fully saturated rings. The molecule has 80 valence electrons. The van der Waals surface area contributed by atoms with Crippen molar-refractivity contribution in [1.82, 2.24) is 10.6 Å². The SMILES string of the molecule is CNC(CCC(C)=O)C(=O)NCC=O. The van der Waals surface area contributed by atoms with Gasteiger partial charge in [-0.05, 0) is 20.4 Å². The van der Waals surface area contributed by atoms with Gasteiger partial charge in [-0.3, -0.25) is 4.79 Å². The number of nitrogens with one attached hydrogen (secondary N) is 2. The van der Waals surface area contributed by atoms with Gasteiger partial charge in [-0.25, -0.2) is 0 Å². The fourth-order valence-electron chi connectivity index (χ4n) is 1.02. The Bertz CT molecular complexity index is 216. The molecule has 0 aliphatic carbocycles. The highest BCUT2D eigenvalue weighted by molar-refractivity contribution is 5.84. The maximum atomic E-state index is 11.3. The van der Waals surface area contributed by atoms with E-state index in [1.54, 1.807) is 7.05 Å². The van der Waals surface area contributed by atoms with Gasteiger partial charge in [0.15, 0.2) is 0 Å². The summed E-state index contributed by atoms with van der Waals surface area (Å²) in [7, 11) is 1.64. The molecule has 0 saturated carbocycles. The number of likely N-dealkylation sites (N-methyl/N-ethyl adjacent to an activating group) is 1. The van der Waals surface area contributed by atoms with Crippen LogP contribution in [0, 0.1) is 0 Å². The van der Waals surface area contributed by atoms with Gasteiger partial charge in [-0.1, -0.05) is 0 Å². The predicted molar refractivity (Wildman–Crippen MR) is 51.8 cm³/mol. The molecule has 0 aliphatic heterocycles. The Hall–Kier alpha value is -1.23. The van der Waals surface area contributed by atoms with E-state index in [1.807, 2.05) is 0 Å². The zero-order valence-corrected chi connectivity index (χ0v) is 8.50. The summed E-state index contributed by atoms with van der Waals surface area (Å²) in [6, 6.07) is -0.404. The number of Topliss-reactive ketones (excluding diaryl/α,β-unsaturated/α-hetero) is 1. The maximum Gasteiger partial charge on any atom is 0.237 e. The third kappa shape index (κ3) is 5.42. The highest BCUT2D eigenvalue weighted by Gasteiger charge is 2.15. The van der Waals surface area contributed by atoms with Crippen LogP contribution in [0.1, 0.15) is 19.8 Å². The van der Waals surface area contributed by atoms with Gasteiger partial charge in [0.1, 0.15) is 12.1 Å². The Balaban J connectivity index is 3.92. The molecule has 0 radical (unpaired) electrons. The van der Waals surface area contributed by atoms with Crippen LogP contribution >= 0.6 is 0 Å². The number of hydrogen-bond acceptors (Lipinski definition) is 4. The lowest BCUT2D eigenvalue weighted by molar-refractivity contribution is -0.124. The summed E-state index contributed by atoms with van der Waals surface area (Å²) in [6.45, 7) is 1.49. The highest BCUT2D eigenvalue weighted by Crippen LogP contribution is 1.97. The van der Waals surface area contributed by atoms with Gasteiger partial charge in [-0.15, -0.1) is 0 Å². The monoisotopic (exact) mass is 200 g/mol. The minimum atomic E-state index is -0.404. The molecule has 14 heavy (non-hydrogen) atoms. The van der Waals surface area contributed by atoms with Crippen LogP contribution in [-0.4, -0.2) is 37.6 Å². The minimum absolute atomic E-state index is 0.0110. The molecule has 0 spiro atoms. The summed E-state index contributed by atoms with van der Waals surface area (Å²) in [6.07, 6.45) is 1.44. The van der Waals surface area contributed by atoms with Gasteiger partial charge < -0.3 is 20.2 Å². The first-order chi connectivity index (χ1) is 6.61. The molecule has 2 N–H and O–H groups in total. The van der Waals surface area contributed by atoms with Crippen molar-refractivity contribution in [2.24, 2.45) is 0 Å². The molecule has 0 aromatic heterocycles. The molecule has 0 saturated heterocycles. The molecule has 0 aromatic rings. The van der Waals surface area contributed by atoms with Gasteiger partial charge in [-0.2, -0.15) is 0 Å². The maximum absolute atomic E-state index is 11.3. The second-order valence-electron chi connectivity index (χ2n) is 2.99. The number of amides is 1. The van der Waals surface area contributed by atoms with Crippen molar-refractivity contribution in [3.63, 3.8) is 0 Å². The fourth-order valence-corrected chi connectivity index (χ4v) is 1.02. The quantitative estimate of drug-likeness (QED) is 0.531. The third-order valence-electron chi connectivity index (χ3n) is 1.81. The molecule has 0 aromatic carbocycles. The zero-order chi connectivity index (χ0) is 11.0. The van der Waals surface area contributed by atoms with E-state index in [4.69, 9.17) is 0 Å². The summed E-state index contributed by atoms with van der Waals surface area (Å²) in [5.74, 6) is -0.200. The molecule has 0 rings (SSSR count). The van der Waals surface area contributed by atoms with Crippen LogP contribution in [0.2, 0.25) is 0 Å². The van der Waals surface area contributed by atoms with E-state index in [-0.39, 0.29) is 18.2 Å². The van der Waals surface area contributed by atoms with Gasteiger partial charge in [0.25, 0.3) is 0 Å². The summed E-state index contributed by atoms with van der Waals surface area (Å²) in [5, 5.41) is 5.21. The van der Waals surface area contributed by atoms with Crippen molar-refractivity contribution in [1.29, 1.82) is 0 Å². The van der Waals surface area contributed by atoms with E-state index < -0.39 is 6.04 Å². The average molecular weight is 200 g/mol. The van der Waals surface area contributed by atoms with Gasteiger partial charge >= 0.3 is 0 Å². The van der Waals surface area contributed by atoms with Crippen molar-refractivity contribution in [2.45, 2.75) is 25.8 Å². The van der Waals surface area contributed by atoms with E-state index in [9.17, 15) is 14.4 Å². The Labute approximate surface area is 83.2 Å². The molecule has 0 aliphatic rings. The van der Waals surface area contributed by atoms with E-state index in [0.29, 0.717) is 19.1 Å². The second-order valence-corrected chi connectivity index (χ2v) is 2.99. The lowest BCUT2D eigenvalue weighted by atomic mass is 10.1. The van der Waals surface area contributed by atoms with Crippen molar-refractivity contribution < 1.29 is 14.4 Å². The van der Waals surface area contributed by atoms with Crippen molar-refractivity contribution >= 4 is 18.0 Å². The van der Waals surface area contributed by atoms with Crippen molar-refractivity contribution in [2.75, 3.05) is 13.6 Å². The Morgan fingerprint density at radius 1 is 1.43 bits per heavy atom. The van der Waals surface area contributed by atoms with E-state index in [2.05, 4.69) is 10.6 Å². The largest absolute Gasteiger partial charge is 0.348 e. The van der Waals surface area contributed by atoms with Crippen LogP contribution in [0.5, 0.6) is 0 Å². The molecule has 1 unspecified atom stereocenters. The van der Waals surface area contributed by atoms with Crippen LogP contribution in [0.3, 0.4) is 0 Å². The predicted octanol–water partition coefficient (Wildman–Crippen LogP) is -0.741. The van der Waals surface area contributed by atoms with Crippen LogP contribution in [0.25, 0.3) is 0 Å². The molecular weight excluding hydrogens is 184 g/mol. The van der Waals surface area contributed by atoms with Gasteiger partial charge in [0.05, 0.1) is 12.6 Å². The average Bonchev–Trinajstić information content (AvgIpc) is 2.15. The number of carbonyl (C=O) groups excluding carboxylic acids is 3. The number of rotatable bonds is 7. The zero-order valence-electron chi connectivity index (χ0n) is 8.50. The molecule has 5 nitrogen and oxygen atoms in total. The molecular formula is C9H16N2O3. The van der Waals surface area contributed by atoms with Crippen LogP contribution < -0.4 is 10.6 Å². The van der Waals surface area contributed by atoms with Crippen molar-refractivity contribution in [3.05, 3.63) is 0 Å². The third-order valence-corrected chi connectivity index (χ3v) is 1.81.